The Morgan fingerprint density at radius 2 is 1.51 bits per heavy atom. The number of carbonyl (C=O) groups excluding carboxylic acids is 2. The summed E-state index contributed by atoms with van der Waals surface area (Å²) in [6.45, 7) is 0. The van der Waals surface area contributed by atoms with E-state index >= 15 is 0 Å². The van der Waals surface area contributed by atoms with Crippen molar-refractivity contribution in [2.45, 2.75) is 11.8 Å². The fourth-order valence-electron chi connectivity index (χ4n) is 3.69. The molecule has 4 aromatic carbocycles. The third kappa shape index (κ3) is 9.27. The second-order valence-electron chi connectivity index (χ2n) is 8.87. The molecule has 0 aromatic heterocycles. The zero-order chi connectivity index (χ0) is 29.0. The Morgan fingerprint density at radius 3 is 2.20 bits per heavy atom. The van der Waals surface area contributed by atoms with E-state index in [0.717, 1.165) is 5.56 Å². The summed E-state index contributed by atoms with van der Waals surface area (Å²) in [5.74, 6) is -0.589. The molecule has 1 atom stereocenters. The van der Waals surface area contributed by atoms with Crippen LogP contribution in [0.25, 0.3) is 6.08 Å². The molecular formula is C32H27ClN2O5S. The number of benzene rings is 4. The van der Waals surface area contributed by atoms with Crippen molar-refractivity contribution >= 4 is 47.2 Å². The second-order valence-corrected chi connectivity index (χ2v) is 10.3. The number of amides is 2. The molecule has 2 amide bonds. The molecule has 0 saturated heterocycles. The summed E-state index contributed by atoms with van der Waals surface area (Å²) in [5, 5.41) is 15.4. The molecule has 3 N–H and O–H groups in total. The average Bonchev–Trinajstić information content (AvgIpc) is 2.97. The highest BCUT2D eigenvalue weighted by Gasteiger charge is 2.23. The van der Waals surface area contributed by atoms with Gasteiger partial charge in [-0.25, -0.2) is 4.79 Å². The maximum absolute atomic E-state index is 13.4. The Bertz CT molecular complexity index is 1510. The van der Waals surface area contributed by atoms with E-state index in [0.29, 0.717) is 27.8 Å². The van der Waals surface area contributed by atoms with Crippen molar-refractivity contribution in [1.82, 2.24) is 10.6 Å². The fraction of sp³-hybridized carbons (Fsp3) is 0.0938. The number of carbonyl (C=O) groups is 3. The number of hydrogen-bond donors (Lipinski definition) is 3. The van der Waals surface area contributed by atoms with Gasteiger partial charge in [-0.1, -0.05) is 72.3 Å². The molecule has 0 spiro atoms. The molecule has 208 valence electrons. The first-order chi connectivity index (χ1) is 19.9. The summed E-state index contributed by atoms with van der Waals surface area (Å²) in [6.07, 6.45) is 1.47. The molecule has 4 aromatic rings. The number of halogens is 1. The molecule has 0 aliphatic carbocycles. The lowest BCUT2D eigenvalue weighted by molar-refractivity contribution is -0.140. The van der Waals surface area contributed by atoms with Crippen molar-refractivity contribution < 1.29 is 24.2 Å². The van der Waals surface area contributed by atoms with Crippen LogP contribution in [0.15, 0.2) is 115 Å². The SMILES string of the molecule is O=C(N[C@@H](CSCc1ccccc1)C(=O)O)/C(=C/c1cccc(Oc2ccccc2)c1)NC(=O)c1ccc(Cl)cc1. The lowest BCUT2D eigenvalue weighted by atomic mass is 10.1. The van der Waals surface area contributed by atoms with Crippen LogP contribution in [-0.4, -0.2) is 34.7 Å². The van der Waals surface area contributed by atoms with Gasteiger partial charge in [-0.05, 0) is 65.7 Å². The predicted octanol–water partition coefficient (Wildman–Crippen LogP) is 6.41. The van der Waals surface area contributed by atoms with Crippen LogP contribution in [0.5, 0.6) is 11.5 Å². The predicted molar refractivity (Wildman–Crippen MR) is 162 cm³/mol. The molecule has 0 aliphatic rings. The number of hydrogen-bond acceptors (Lipinski definition) is 5. The molecule has 0 saturated carbocycles. The molecule has 0 fully saturated rings. The van der Waals surface area contributed by atoms with Gasteiger partial charge in [-0.3, -0.25) is 9.59 Å². The molecule has 7 nitrogen and oxygen atoms in total. The number of rotatable bonds is 12. The van der Waals surface area contributed by atoms with Gasteiger partial charge >= 0.3 is 5.97 Å². The Balaban J connectivity index is 1.54. The minimum Gasteiger partial charge on any atom is -0.480 e. The van der Waals surface area contributed by atoms with Crippen LogP contribution in [-0.2, 0) is 15.3 Å². The van der Waals surface area contributed by atoms with Gasteiger partial charge in [0, 0.05) is 22.1 Å². The summed E-state index contributed by atoms with van der Waals surface area (Å²) in [5.41, 5.74) is 1.76. The molecule has 0 bridgehead atoms. The van der Waals surface area contributed by atoms with Crippen molar-refractivity contribution in [1.29, 1.82) is 0 Å². The lowest BCUT2D eigenvalue weighted by Gasteiger charge is -2.17. The van der Waals surface area contributed by atoms with Crippen LogP contribution in [0, 0.1) is 0 Å². The summed E-state index contributed by atoms with van der Waals surface area (Å²) in [7, 11) is 0. The first kappa shape index (κ1) is 29.5. The van der Waals surface area contributed by atoms with E-state index in [-0.39, 0.29) is 17.0 Å². The number of thioether (sulfide) groups is 1. The monoisotopic (exact) mass is 586 g/mol. The molecule has 0 heterocycles. The van der Waals surface area contributed by atoms with Crippen molar-refractivity contribution in [3.05, 3.63) is 137 Å². The highest BCUT2D eigenvalue weighted by molar-refractivity contribution is 7.98. The molecule has 41 heavy (non-hydrogen) atoms. The van der Waals surface area contributed by atoms with Gasteiger partial charge in [0.25, 0.3) is 11.8 Å². The zero-order valence-electron chi connectivity index (χ0n) is 21.8. The van der Waals surface area contributed by atoms with E-state index in [1.54, 1.807) is 36.4 Å². The van der Waals surface area contributed by atoms with Crippen LogP contribution in [0.2, 0.25) is 5.02 Å². The van der Waals surface area contributed by atoms with Crippen LogP contribution in [0.1, 0.15) is 21.5 Å². The number of nitrogens with one attached hydrogen (secondary N) is 2. The van der Waals surface area contributed by atoms with E-state index in [1.165, 1.54) is 30.0 Å². The first-order valence-electron chi connectivity index (χ1n) is 12.6. The van der Waals surface area contributed by atoms with Gasteiger partial charge in [0.2, 0.25) is 0 Å². The third-order valence-corrected chi connectivity index (χ3v) is 7.11. The third-order valence-electron chi connectivity index (χ3n) is 5.75. The maximum Gasteiger partial charge on any atom is 0.327 e. The van der Waals surface area contributed by atoms with Crippen LogP contribution >= 0.6 is 23.4 Å². The van der Waals surface area contributed by atoms with Crippen LogP contribution in [0.4, 0.5) is 0 Å². The topological polar surface area (TPSA) is 105 Å². The summed E-state index contributed by atoms with van der Waals surface area (Å²) in [4.78, 5) is 38.4. The highest BCUT2D eigenvalue weighted by atomic mass is 35.5. The van der Waals surface area contributed by atoms with Crippen molar-refractivity contribution in [2.24, 2.45) is 0 Å². The summed E-state index contributed by atoms with van der Waals surface area (Å²) >= 11 is 7.33. The van der Waals surface area contributed by atoms with Crippen molar-refractivity contribution in [2.75, 3.05) is 5.75 Å². The van der Waals surface area contributed by atoms with E-state index in [9.17, 15) is 19.5 Å². The Morgan fingerprint density at radius 1 is 0.854 bits per heavy atom. The van der Waals surface area contributed by atoms with E-state index in [4.69, 9.17) is 16.3 Å². The minimum atomic E-state index is -1.18. The molecule has 4 rings (SSSR count). The Labute approximate surface area is 247 Å². The van der Waals surface area contributed by atoms with Gasteiger partial charge in [0.15, 0.2) is 0 Å². The van der Waals surface area contributed by atoms with Crippen molar-refractivity contribution in [3.8, 4) is 11.5 Å². The van der Waals surface area contributed by atoms with Gasteiger partial charge in [0.1, 0.15) is 23.2 Å². The number of carboxylic acids is 1. The zero-order valence-corrected chi connectivity index (χ0v) is 23.4. The standard InChI is InChI=1S/C32H27ClN2O5S/c33-25-16-14-24(15-17-25)30(36)34-28(19-23-10-7-13-27(18-23)40-26-11-5-2-6-12-26)31(37)35-29(32(38)39)21-41-20-22-8-3-1-4-9-22/h1-19,29H,20-21H2,(H,34,36)(H,35,37)(H,38,39)/b28-19-/t29-/m0/s1. The summed E-state index contributed by atoms with van der Waals surface area (Å²) < 4.78 is 5.89. The largest absolute Gasteiger partial charge is 0.480 e. The van der Waals surface area contributed by atoms with Gasteiger partial charge < -0.3 is 20.5 Å². The van der Waals surface area contributed by atoms with Crippen LogP contribution < -0.4 is 15.4 Å². The normalized spacial score (nSPS) is 11.8. The second kappa shape index (κ2) is 14.7. The number of aliphatic carboxylic acids is 1. The quantitative estimate of drug-likeness (QED) is 0.166. The Hall–Kier alpha value is -4.53. The molecule has 0 radical (unpaired) electrons. The number of para-hydroxylation sites is 1. The summed E-state index contributed by atoms with van der Waals surface area (Å²) in [6, 6.07) is 30.8. The number of carboxylic acid groups (broad SMARTS) is 1. The maximum atomic E-state index is 13.4. The molecule has 9 heteroatoms. The molecule has 0 unspecified atom stereocenters. The van der Waals surface area contributed by atoms with E-state index in [1.807, 2.05) is 60.7 Å². The molecular weight excluding hydrogens is 560 g/mol. The smallest absolute Gasteiger partial charge is 0.327 e. The lowest BCUT2D eigenvalue weighted by Crippen LogP contribution is -2.45. The van der Waals surface area contributed by atoms with Crippen LogP contribution in [0.3, 0.4) is 0 Å². The van der Waals surface area contributed by atoms with E-state index < -0.39 is 23.8 Å². The average molecular weight is 587 g/mol. The van der Waals surface area contributed by atoms with Crippen molar-refractivity contribution in [3.63, 3.8) is 0 Å². The fourth-order valence-corrected chi connectivity index (χ4v) is 4.83. The Kier molecular flexibility index (Phi) is 10.6. The van der Waals surface area contributed by atoms with Gasteiger partial charge in [-0.2, -0.15) is 11.8 Å². The molecule has 0 aliphatic heterocycles. The number of ether oxygens (including phenoxy) is 1. The van der Waals surface area contributed by atoms with Gasteiger partial charge in [-0.15, -0.1) is 0 Å². The highest BCUT2D eigenvalue weighted by Crippen LogP contribution is 2.23. The van der Waals surface area contributed by atoms with E-state index in [2.05, 4.69) is 10.6 Å². The first-order valence-corrected chi connectivity index (χ1v) is 14.2. The minimum absolute atomic E-state index is 0.124. The van der Waals surface area contributed by atoms with Gasteiger partial charge in [0.05, 0.1) is 0 Å².